The number of aromatic nitrogens is 1. The van der Waals surface area contributed by atoms with E-state index in [4.69, 9.17) is 10.5 Å². The van der Waals surface area contributed by atoms with Crippen molar-refractivity contribution in [3.63, 3.8) is 0 Å². The second-order valence-electron chi connectivity index (χ2n) is 3.55. The van der Waals surface area contributed by atoms with Gasteiger partial charge in [0.1, 0.15) is 5.75 Å². The fourth-order valence-corrected chi connectivity index (χ4v) is 1.31. The van der Waals surface area contributed by atoms with Gasteiger partial charge in [0.25, 0.3) is 0 Å². The van der Waals surface area contributed by atoms with E-state index in [1.807, 2.05) is 0 Å². The van der Waals surface area contributed by atoms with Crippen molar-refractivity contribution in [3.05, 3.63) is 48.2 Å². The molecule has 1 heterocycles. The van der Waals surface area contributed by atoms with Crippen molar-refractivity contribution in [2.75, 3.05) is 5.73 Å². The van der Waals surface area contributed by atoms with Crippen LogP contribution in [0.5, 0.6) is 11.6 Å². The molecule has 94 valence electrons. The van der Waals surface area contributed by atoms with E-state index in [0.717, 1.165) is 12.1 Å². The van der Waals surface area contributed by atoms with Gasteiger partial charge in [-0.05, 0) is 30.3 Å². The lowest BCUT2D eigenvalue weighted by atomic mass is 10.2. The van der Waals surface area contributed by atoms with Gasteiger partial charge >= 0.3 is 6.18 Å². The van der Waals surface area contributed by atoms with Crippen molar-refractivity contribution in [3.8, 4) is 11.6 Å². The Balaban J connectivity index is 2.16. The summed E-state index contributed by atoms with van der Waals surface area (Å²) in [6, 6.07) is 7.42. The number of hydrogen-bond donors (Lipinski definition) is 1. The maximum Gasteiger partial charge on any atom is 0.416 e. The Kier molecular flexibility index (Phi) is 3.10. The zero-order chi connectivity index (χ0) is 13.2. The van der Waals surface area contributed by atoms with Crippen LogP contribution in [0.25, 0.3) is 0 Å². The number of ether oxygens (including phenoxy) is 1. The average Bonchev–Trinajstić information content (AvgIpc) is 2.28. The summed E-state index contributed by atoms with van der Waals surface area (Å²) >= 11 is 0. The smallest absolute Gasteiger partial charge is 0.416 e. The van der Waals surface area contributed by atoms with Crippen LogP contribution in [0.1, 0.15) is 5.56 Å². The van der Waals surface area contributed by atoms with Gasteiger partial charge in [-0.1, -0.05) is 0 Å². The van der Waals surface area contributed by atoms with Crippen LogP contribution < -0.4 is 10.5 Å². The molecule has 3 nitrogen and oxygen atoms in total. The third-order valence-corrected chi connectivity index (χ3v) is 2.16. The monoisotopic (exact) mass is 254 g/mol. The van der Waals surface area contributed by atoms with Crippen LogP contribution in [0.15, 0.2) is 42.6 Å². The Bertz CT molecular complexity index is 538. The molecule has 0 aliphatic carbocycles. The lowest BCUT2D eigenvalue weighted by Crippen LogP contribution is -2.04. The van der Waals surface area contributed by atoms with Crippen LogP contribution in [0, 0.1) is 0 Å². The summed E-state index contributed by atoms with van der Waals surface area (Å²) in [5.74, 6) is 0.496. The normalized spacial score (nSPS) is 11.3. The van der Waals surface area contributed by atoms with E-state index in [-0.39, 0.29) is 11.6 Å². The number of anilines is 1. The van der Waals surface area contributed by atoms with E-state index in [0.29, 0.717) is 5.69 Å². The molecule has 0 saturated carbocycles. The molecule has 0 atom stereocenters. The molecule has 0 fully saturated rings. The Morgan fingerprint density at radius 3 is 2.28 bits per heavy atom. The molecule has 18 heavy (non-hydrogen) atoms. The Labute approximate surface area is 101 Å². The summed E-state index contributed by atoms with van der Waals surface area (Å²) in [5.41, 5.74) is 5.26. The number of hydrogen-bond acceptors (Lipinski definition) is 3. The molecule has 0 aliphatic rings. The highest BCUT2D eigenvalue weighted by atomic mass is 19.4. The Hall–Kier alpha value is -2.24. The minimum absolute atomic E-state index is 0.231. The average molecular weight is 254 g/mol. The van der Waals surface area contributed by atoms with Gasteiger partial charge in [-0.2, -0.15) is 13.2 Å². The summed E-state index contributed by atoms with van der Waals surface area (Å²) < 4.78 is 42.3. The minimum Gasteiger partial charge on any atom is -0.439 e. The maximum atomic E-state index is 12.3. The maximum absolute atomic E-state index is 12.3. The molecule has 2 aromatic rings. The van der Waals surface area contributed by atoms with E-state index < -0.39 is 11.7 Å². The quantitative estimate of drug-likeness (QED) is 0.892. The molecule has 0 amide bonds. The summed E-state index contributed by atoms with van der Waals surface area (Å²) in [6.07, 6.45) is -2.90. The number of nitrogens with zero attached hydrogens (tertiary/aromatic N) is 1. The van der Waals surface area contributed by atoms with E-state index in [1.54, 1.807) is 6.07 Å². The van der Waals surface area contributed by atoms with Crippen molar-refractivity contribution in [1.82, 2.24) is 4.98 Å². The molecule has 6 heteroatoms. The molecule has 0 spiro atoms. The number of nitrogens with two attached hydrogens (primary N) is 1. The summed E-state index contributed by atoms with van der Waals surface area (Å²) in [5, 5.41) is 0. The van der Waals surface area contributed by atoms with Crippen LogP contribution in [0.2, 0.25) is 0 Å². The molecule has 0 saturated heterocycles. The van der Waals surface area contributed by atoms with E-state index in [9.17, 15) is 13.2 Å². The zero-order valence-electron chi connectivity index (χ0n) is 9.11. The third-order valence-electron chi connectivity index (χ3n) is 2.16. The van der Waals surface area contributed by atoms with Crippen LogP contribution in [0.4, 0.5) is 18.9 Å². The third kappa shape index (κ3) is 2.91. The van der Waals surface area contributed by atoms with E-state index in [2.05, 4.69) is 4.98 Å². The Morgan fingerprint density at radius 2 is 1.72 bits per heavy atom. The number of benzene rings is 1. The molecule has 1 aromatic carbocycles. The molecular formula is C12H9F3N2O. The molecule has 0 unspecified atom stereocenters. The molecule has 2 rings (SSSR count). The Morgan fingerprint density at radius 1 is 1.06 bits per heavy atom. The summed E-state index contributed by atoms with van der Waals surface area (Å²) in [7, 11) is 0. The van der Waals surface area contributed by atoms with Gasteiger partial charge in [0.15, 0.2) is 0 Å². The van der Waals surface area contributed by atoms with E-state index in [1.165, 1.54) is 24.4 Å². The van der Waals surface area contributed by atoms with Gasteiger partial charge in [-0.3, -0.25) is 0 Å². The number of halogens is 3. The van der Waals surface area contributed by atoms with Crippen molar-refractivity contribution in [1.29, 1.82) is 0 Å². The fraction of sp³-hybridized carbons (Fsp3) is 0.0833. The first-order valence-corrected chi connectivity index (χ1v) is 5.02. The van der Waals surface area contributed by atoms with Gasteiger partial charge in [0, 0.05) is 18.0 Å². The van der Waals surface area contributed by atoms with Crippen molar-refractivity contribution >= 4 is 5.69 Å². The molecule has 1 aromatic heterocycles. The van der Waals surface area contributed by atoms with Gasteiger partial charge in [-0.25, -0.2) is 4.98 Å². The van der Waals surface area contributed by atoms with Crippen molar-refractivity contribution in [2.24, 2.45) is 0 Å². The van der Waals surface area contributed by atoms with Gasteiger partial charge in [0.05, 0.1) is 5.56 Å². The molecule has 0 aliphatic heterocycles. The second kappa shape index (κ2) is 4.56. The predicted octanol–water partition coefficient (Wildman–Crippen LogP) is 3.47. The fourth-order valence-electron chi connectivity index (χ4n) is 1.31. The lowest BCUT2D eigenvalue weighted by Gasteiger charge is -2.08. The predicted molar refractivity (Wildman–Crippen MR) is 60.2 cm³/mol. The highest BCUT2D eigenvalue weighted by molar-refractivity contribution is 5.41. The number of alkyl halides is 3. The largest absolute Gasteiger partial charge is 0.439 e. The topological polar surface area (TPSA) is 48.1 Å². The van der Waals surface area contributed by atoms with Crippen LogP contribution in [-0.2, 0) is 6.18 Å². The standard InChI is InChI=1S/C12H9F3N2O/c13-12(14,15)8-1-3-10(4-2-8)18-11-7-9(16)5-6-17-11/h1-7H,(H2,16,17). The van der Waals surface area contributed by atoms with Crippen LogP contribution in [0.3, 0.4) is 0 Å². The van der Waals surface area contributed by atoms with Gasteiger partial charge in [-0.15, -0.1) is 0 Å². The minimum atomic E-state index is -4.35. The van der Waals surface area contributed by atoms with Crippen LogP contribution >= 0.6 is 0 Å². The first kappa shape index (κ1) is 12.2. The summed E-state index contributed by atoms with van der Waals surface area (Å²) in [6.45, 7) is 0. The highest BCUT2D eigenvalue weighted by Crippen LogP contribution is 2.31. The first-order valence-electron chi connectivity index (χ1n) is 5.02. The number of nitrogen functional groups attached to an aromatic ring is 1. The highest BCUT2D eigenvalue weighted by Gasteiger charge is 2.30. The molecule has 0 radical (unpaired) electrons. The van der Waals surface area contributed by atoms with Crippen LogP contribution in [-0.4, -0.2) is 4.98 Å². The number of rotatable bonds is 2. The molecule has 2 N–H and O–H groups in total. The summed E-state index contributed by atoms with van der Waals surface area (Å²) in [4.78, 5) is 3.88. The van der Waals surface area contributed by atoms with Crippen molar-refractivity contribution < 1.29 is 17.9 Å². The van der Waals surface area contributed by atoms with Gasteiger partial charge < -0.3 is 10.5 Å². The SMILES string of the molecule is Nc1ccnc(Oc2ccc(C(F)(F)F)cc2)c1. The first-order chi connectivity index (χ1) is 8.45. The van der Waals surface area contributed by atoms with Crippen molar-refractivity contribution in [2.45, 2.75) is 6.18 Å². The second-order valence-corrected chi connectivity index (χ2v) is 3.55. The molecule has 0 bridgehead atoms. The molecular weight excluding hydrogens is 245 g/mol. The van der Waals surface area contributed by atoms with E-state index >= 15 is 0 Å². The lowest BCUT2D eigenvalue weighted by molar-refractivity contribution is -0.137. The zero-order valence-corrected chi connectivity index (χ0v) is 9.11. The van der Waals surface area contributed by atoms with Gasteiger partial charge in [0.2, 0.25) is 5.88 Å². The number of pyridine rings is 1.